The molecule has 0 saturated carbocycles. The van der Waals surface area contributed by atoms with Crippen LogP contribution in [0, 0.1) is 6.92 Å². The van der Waals surface area contributed by atoms with E-state index in [4.69, 9.17) is 0 Å². The molecule has 1 unspecified atom stereocenters. The van der Waals surface area contributed by atoms with Gasteiger partial charge < -0.3 is 5.11 Å². The number of aliphatic hydroxyl groups is 1. The predicted octanol–water partition coefficient (Wildman–Crippen LogP) is 3.55. The Morgan fingerprint density at radius 2 is 1.50 bits per heavy atom. The standard InChI is InChI=1S/C22H20O5S/c1-16-12-13-20(28(25,26)27)14-18(16)15-22(24,19-10-6-3-7-11-19)21(23)17-8-4-2-5-9-17/h2-14,24H,15H2,1H3,(H,25,26,27). The Bertz CT molecular complexity index is 1090. The highest BCUT2D eigenvalue weighted by atomic mass is 32.2. The van der Waals surface area contributed by atoms with Gasteiger partial charge in [-0.3, -0.25) is 9.35 Å². The molecule has 144 valence electrons. The summed E-state index contributed by atoms with van der Waals surface area (Å²) in [6.45, 7) is 1.75. The minimum Gasteiger partial charge on any atom is -0.377 e. The van der Waals surface area contributed by atoms with Gasteiger partial charge in [0.05, 0.1) is 4.90 Å². The molecule has 2 N–H and O–H groups in total. The number of rotatable bonds is 6. The molecular formula is C22H20O5S. The van der Waals surface area contributed by atoms with Crippen molar-refractivity contribution >= 4 is 15.9 Å². The Balaban J connectivity index is 2.13. The third kappa shape index (κ3) is 4.04. The van der Waals surface area contributed by atoms with Gasteiger partial charge in [0, 0.05) is 12.0 Å². The number of benzene rings is 3. The van der Waals surface area contributed by atoms with Gasteiger partial charge in [-0.1, -0.05) is 66.7 Å². The van der Waals surface area contributed by atoms with Gasteiger partial charge in [0.15, 0.2) is 11.4 Å². The van der Waals surface area contributed by atoms with Gasteiger partial charge in [-0.2, -0.15) is 8.42 Å². The number of hydrogen-bond acceptors (Lipinski definition) is 4. The van der Waals surface area contributed by atoms with E-state index in [1.54, 1.807) is 67.6 Å². The zero-order valence-electron chi connectivity index (χ0n) is 15.2. The maximum Gasteiger partial charge on any atom is 0.294 e. The first-order valence-corrected chi connectivity index (χ1v) is 10.1. The number of aryl methyl sites for hydroxylation is 1. The van der Waals surface area contributed by atoms with Crippen LogP contribution in [0.4, 0.5) is 0 Å². The first-order valence-electron chi connectivity index (χ1n) is 8.66. The van der Waals surface area contributed by atoms with Crippen molar-refractivity contribution in [3.05, 3.63) is 101 Å². The number of ketones is 1. The molecule has 0 bridgehead atoms. The fourth-order valence-corrected chi connectivity index (χ4v) is 3.66. The third-order valence-corrected chi connectivity index (χ3v) is 5.58. The van der Waals surface area contributed by atoms with Crippen LogP contribution < -0.4 is 0 Å². The lowest BCUT2D eigenvalue weighted by Crippen LogP contribution is -2.38. The van der Waals surface area contributed by atoms with Crippen LogP contribution in [0.3, 0.4) is 0 Å². The molecule has 0 radical (unpaired) electrons. The lowest BCUT2D eigenvalue weighted by molar-refractivity contribution is 0.0298. The third-order valence-electron chi connectivity index (χ3n) is 4.73. The molecule has 0 saturated heterocycles. The first-order chi connectivity index (χ1) is 13.2. The highest BCUT2D eigenvalue weighted by Gasteiger charge is 2.39. The second-order valence-electron chi connectivity index (χ2n) is 6.66. The van der Waals surface area contributed by atoms with Crippen LogP contribution in [0.15, 0.2) is 83.8 Å². The summed E-state index contributed by atoms with van der Waals surface area (Å²) < 4.78 is 32.4. The van der Waals surface area contributed by atoms with Crippen LogP contribution >= 0.6 is 0 Å². The fraction of sp³-hybridized carbons (Fsp3) is 0.136. The second-order valence-corrected chi connectivity index (χ2v) is 8.08. The van der Waals surface area contributed by atoms with Crippen LogP contribution in [0.2, 0.25) is 0 Å². The molecule has 5 nitrogen and oxygen atoms in total. The van der Waals surface area contributed by atoms with Crippen molar-refractivity contribution < 1.29 is 22.9 Å². The molecule has 0 aliphatic heterocycles. The minimum atomic E-state index is -4.40. The molecule has 0 fully saturated rings. The van der Waals surface area contributed by atoms with E-state index < -0.39 is 21.5 Å². The molecule has 1 atom stereocenters. The van der Waals surface area contributed by atoms with E-state index in [1.165, 1.54) is 18.2 Å². The number of Topliss-reactive ketones (excluding diaryl/α,β-unsaturated/α-hetero) is 1. The SMILES string of the molecule is Cc1ccc(S(=O)(=O)O)cc1CC(O)(C(=O)c1ccccc1)c1ccccc1. The zero-order valence-corrected chi connectivity index (χ0v) is 16.1. The Morgan fingerprint density at radius 3 is 2.07 bits per heavy atom. The van der Waals surface area contributed by atoms with Crippen LogP contribution in [0.1, 0.15) is 27.0 Å². The summed E-state index contributed by atoms with van der Waals surface area (Å²) in [5.41, 5.74) is -0.00286. The van der Waals surface area contributed by atoms with Gasteiger partial charge in [-0.25, -0.2) is 0 Å². The number of hydrogen-bond donors (Lipinski definition) is 2. The Kier molecular flexibility index (Phi) is 5.47. The summed E-state index contributed by atoms with van der Waals surface area (Å²) in [6.07, 6.45) is -0.139. The summed E-state index contributed by atoms with van der Waals surface area (Å²) in [4.78, 5) is 13.0. The smallest absolute Gasteiger partial charge is 0.294 e. The van der Waals surface area contributed by atoms with Gasteiger partial charge in [-0.05, 0) is 35.7 Å². The molecule has 0 aliphatic carbocycles. The van der Waals surface area contributed by atoms with E-state index in [0.717, 1.165) is 0 Å². The van der Waals surface area contributed by atoms with Crippen LogP contribution in [-0.4, -0.2) is 23.9 Å². The summed E-state index contributed by atoms with van der Waals surface area (Å²) in [7, 11) is -4.40. The average molecular weight is 396 g/mol. The minimum absolute atomic E-state index is 0.139. The molecule has 3 rings (SSSR count). The van der Waals surface area contributed by atoms with Crippen molar-refractivity contribution in [3.8, 4) is 0 Å². The van der Waals surface area contributed by atoms with Crippen LogP contribution in [0.25, 0.3) is 0 Å². The summed E-state index contributed by atoms with van der Waals surface area (Å²) in [6, 6.07) is 21.1. The van der Waals surface area contributed by atoms with E-state index in [9.17, 15) is 22.9 Å². The molecule has 3 aromatic carbocycles. The molecule has 0 spiro atoms. The van der Waals surface area contributed by atoms with Gasteiger partial charge in [0.25, 0.3) is 10.1 Å². The molecule has 3 aromatic rings. The van der Waals surface area contributed by atoms with Crippen LogP contribution in [-0.2, 0) is 22.1 Å². The lowest BCUT2D eigenvalue weighted by atomic mass is 9.80. The maximum absolute atomic E-state index is 13.2. The molecule has 0 aliphatic rings. The summed E-state index contributed by atoms with van der Waals surface area (Å²) in [5.74, 6) is -0.490. The predicted molar refractivity (Wildman–Crippen MR) is 106 cm³/mol. The Labute approximate surface area is 164 Å². The van der Waals surface area contributed by atoms with Gasteiger partial charge in [0.1, 0.15) is 0 Å². The van der Waals surface area contributed by atoms with Gasteiger partial charge >= 0.3 is 0 Å². The van der Waals surface area contributed by atoms with Gasteiger partial charge in [-0.15, -0.1) is 0 Å². The molecule has 28 heavy (non-hydrogen) atoms. The van der Waals surface area contributed by atoms with Crippen molar-refractivity contribution in [1.82, 2.24) is 0 Å². The topological polar surface area (TPSA) is 91.7 Å². The molecule has 0 heterocycles. The van der Waals surface area contributed by atoms with Crippen molar-refractivity contribution in [2.24, 2.45) is 0 Å². The van der Waals surface area contributed by atoms with E-state index in [2.05, 4.69) is 0 Å². The number of carbonyl (C=O) groups excluding carboxylic acids is 1. The van der Waals surface area contributed by atoms with Crippen molar-refractivity contribution in [2.45, 2.75) is 23.8 Å². The van der Waals surface area contributed by atoms with E-state index >= 15 is 0 Å². The number of carbonyl (C=O) groups is 1. The average Bonchev–Trinajstić information content (AvgIpc) is 2.69. The van der Waals surface area contributed by atoms with E-state index in [1.807, 2.05) is 0 Å². The first kappa shape index (κ1) is 19.9. The molecule has 0 aromatic heterocycles. The molecule has 0 amide bonds. The summed E-state index contributed by atoms with van der Waals surface area (Å²) in [5, 5.41) is 11.5. The highest BCUT2D eigenvalue weighted by molar-refractivity contribution is 7.85. The molecular weight excluding hydrogens is 376 g/mol. The monoisotopic (exact) mass is 396 g/mol. The maximum atomic E-state index is 13.2. The van der Waals surface area contributed by atoms with Crippen LogP contribution in [0.5, 0.6) is 0 Å². The molecule has 6 heteroatoms. The van der Waals surface area contributed by atoms with E-state index in [-0.39, 0.29) is 11.3 Å². The largest absolute Gasteiger partial charge is 0.377 e. The highest BCUT2D eigenvalue weighted by Crippen LogP contribution is 2.32. The lowest BCUT2D eigenvalue weighted by Gasteiger charge is -2.28. The van der Waals surface area contributed by atoms with Crippen molar-refractivity contribution in [3.63, 3.8) is 0 Å². The Morgan fingerprint density at radius 1 is 0.929 bits per heavy atom. The van der Waals surface area contributed by atoms with Crippen molar-refractivity contribution in [2.75, 3.05) is 0 Å². The van der Waals surface area contributed by atoms with E-state index in [0.29, 0.717) is 22.3 Å². The quantitative estimate of drug-likeness (QED) is 0.491. The zero-order chi connectivity index (χ0) is 20.4. The second kappa shape index (κ2) is 7.67. The van der Waals surface area contributed by atoms with Gasteiger partial charge in [0.2, 0.25) is 0 Å². The normalized spacial score (nSPS) is 13.7. The Hall–Kier alpha value is -2.80. The fourth-order valence-electron chi connectivity index (χ4n) is 3.13. The summed E-state index contributed by atoms with van der Waals surface area (Å²) >= 11 is 0. The van der Waals surface area contributed by atoms with Crippen molar-refractivity contribution in [1.29, 1.82) is 0 Å².